The first kappa shape index (κ1) is 17.1. The number of aliphatic carboxylic acids is 1. The summed E-state index contributed by atoms with van der Waals surface area (Å²) in [6, 6.07) is -1.44. The van der Waals surface area contributed by atoms with Gasteiger partial charge in [-0.05, 0) is 24.9 Å². The molecule has 20 heavy (non-hydrogen) atoms. The quantitative estimate of drug-likeness (QED) is 0.739. The van der Waals surface area contributed by atoms with Gasteiger partial charge in [-0.1, -0.05) is 0 Å². The number of urea groups is 1. The highest BCUT2D eigenvalue weighted by atomic mass is 32.2. The average Bonchev–Trinajstić information content (AvgIpc) is 2.55. The van der Waals surface area contributed by atoms with Crippen LogP contribution < -0.4 is 5.32 Å². The van der Waals surface area contributed by atoms with E-state index in [1.165, 1.54) is 16.7 Å². The molecule has 1 aliphatic heterocycles. The number of carbonyl (C=O) groups is 2. The number of nitrogens with one attached hydrogen (secondary N) is 1. The Balaban J connectivity index is 2.57. The molecule has 2 amide bonds. The van der Waals surface area contributed by atoms with E-state index in [0.717, 1.165) is 0 Å². The van der Waals surface area contributed by atoms with Crippen LogP contribution in [0.3, 0.4) is 0 Å². The fourth-order valence-electron chi connectivity index (χ4n) is 1.87. The van der Waals surface area contributed by atoms with Crippen molar-refractivity contribution in [3.63, 3.8) is 0 Å². The molecule has 1 heterocycles. The first-order valence-electron chi connectivity index (χ1n) is 6.33. The van der Waals surface area contributed by atoms with E-state index in [9.17, 15) is 18.0 Å². The van der Waals surface area contributed by atoms with Gasteiger partial charge in [-0.25, -0.2) is 18.0 Å². The molecular weight excluding hydrogens is 304 g/mol. The predicted octanol–water partition coefficient (Wildman–Crippen LogP) is 0.0228. The molecule has 0 aromatic rings. The lowest BCUT2D eigenvalue weighted by Crippen LogP contribution is -2.49. The molecule has 0 aromatic heterocycles. The molecule has 0 aliphatic carbocycles. The van der Waals surface area contributed by atoms with Gasteiger partial charge in [-0.3, -0.25) is 0 Å². The molecule has 1 atom stereocenters. The Hall–Kier alpha value is -0.960. The van der Waals surface area contributed by atoms with Crippen molar-refractivity contribution in [1.29, 1.82) is 0 Å². The Morgan fingerprint density at radius 2 is 2.05 bits per heavy atom. The predicted molar refractivity (Wildman–Crippen MR) is 77.8 cm³/mol. The number of carbonyl (C=O) groups excluding carboxylic acids is 1. The van der Waals surface area contributed by atoms with Crippen molar-refractivity contribution < 1.29 is 23.1 Å². The van der Waals surface area contributed by atoms with Crippen molar-refractivity contribution in [2.75, 3.05) is 36.6 Å². The molecule has 1 fully saturated rings. The van der Waals surface area contributed by atoms with Gasteiger partial charge < -0.3 is 15.3 Å². The van der Waals surface area contributed by atoms with E-state index in [0.29, 0.717) is 25.1 Å². The minimum atomic E-state index is -3.09. The van der Waals surface area contributed by atoms with Crippen LogP contribution in [0.4, 0.5) is 4.79 Å². The molecule has 0 spiro atoms. The summed E-state index contributed by atoms with van der Waals surface area (Å²) in [5, 5.41) is 11.5. The zero-order valence-electron chi connectivity index (χ0n) is 11.4. The largest absolute Gasteiger partial charge is 0.480 e. The number of sulfone groups is 1. The van der Waals surface area contributed by atoms with Crippen LogP contribution >= 0.6 is 11.8 Å². The van der Waals surface area contributed by atoms with Crippen molar-refractivity contribution >= 4 is 33.6 Å². The number of hydrogen-bond donors (Lipinski definition) is 2. The number of thioether (sulfide) groups is 1. The van der Waals surface area contributed by atoms with Gasteiger partial charge in [-0.15, -0.1) is 0 Å². The first-order valence-corrected chi connectivity index (χ1v) is 9.55. The Morgan fingerprint density at radius 1 is 1.35 bits per heavy atom. The third kappa shape index (κ3) is 5.58. The summed E-state index contributed by atoms with van der Waals surface area (Å²) in [7, 11) is -3.09. The van der Waals surface area contributed by atoms with Crippen molar-refractivity contribution in [1.82, 2.24) is 10.2 Å². The molecule has 1 unspecified atom stereocenters. The van der Waals surface area contributed by atoms with Gasteiger partial charge in [0.05, 0.1) is 11.5 Å². The maximum atomic E-state index is 12.0. The topological polar surface area (TPSA) is 104 Å². The van der Waals surface area contributed by atoms with Crippen LogP contribution in [0, 0.1) is 0 Å². The van der Waals surface area contributed by atoms with E-state index >= 15 is 0 Å². The lowest BCUT2D eigenvalue weighted by atomic mass is 10.2. The molecule has 116 valence electrons. The van der Waals surface area contributed by atoms with Gasteiger partial charge in [0, 0.05) is 13.1 Å². The Bertz CT molecular complexity index is 452. The minimum absolute atomic E-state index is 0.0665. The summed E-state index contributed by atoms with van der Waals surface area (Å²) >= 11 is 1.51. The zero-order chi connectivity index (χ0) is 15.2. The van der Waals surface area contributed by atoms with E-state index < -0.39 is 27.9 Å². The summed E-state index contributed by atoms with van der Waals surface area (Å²) in [5.41, 5.74) is 0. The second-order valence-electron chi connectivity index (χ2n) is 4.61. The number of rotatable bonds is 5. The Kier molecular flexibility index (Phi) is 6.60. The number of amides is 2. The molecule has 1 saturated heterocycles. The van der Waals surface area contributed by atoms with E-state index in [-0.39, 0.29) is 18.1 Å². The van der Waals surface area contributed by atoms with Gasteiger partial charge in [0.15, 0.2) is 9.84 Å². The highest BCUT2D eigenvalue weighted by Crippen LogP contribution is 2.07. The van der Waals surface area contributed by atoms with Crippen LogP contribution in [0.1, 0.15) is 12.8 Å². The molecule has 0 radical (unpaired) electrons. The lowest BCUT2D eigenvalue weighted by Gasteiger charge is -2.23. The molecule has 1 rings (SSSR count). The van der Waals surface area contributed by atoms with Crippen LogP contribution in [0.25, 0.3) is 0 Å². The molecular formula is C11H20N2O5S2. The van der Waals surface area contributed by atoms with Crippen LogP contribution in [0.5, 0.6) is 0 Å². The van der Waals surface area contributed by atoms with Crippen LogP contribution in [0.2, 0.25) is 0 Å². The number of carboxylic acids is 1. The monoisotopic (exact) mass is 324 g/mol. The zero-order valence-corrected chi connectivity index (χ0v) is 13.0. The maximum Gasteiger partial charge on any atom is 0.326 e. The van der Waals surface area contributed by atoms with E-state index in [2.05, 4.69) is 5.32 Å². The molecule has 0 bridgehead atoms. The van der Waals surface area contributed by atoms with Crippen molar-refractivity contribution in [2.24, 2.45) is 0 Å². The summed E-state index contributed by atoms with van der Waals surface area (Å²) in [6.07, 6.45) is 2.59. The molecule has 0 aromatic carbocycles. The van der Waals surface area contributed by atoms with Gasteiger partial charge in [0.1, 0.15) is 6.04 Å². The van der Waals surface area contributed by atoms with Crippen LogP contribution in [-0.4, -0.2) is 73.1 Å². The maximum absolute atomic E-state index is 12.0. The summed E-state index contributed by atoms with van der Waals surface area (Å²) in [4.78, 5) is 24.4. The van der Waals surface area contributed by atoms with Gasteiger partial charge in [-0.2, -0.15) is 11.8 Å². The summed E-state index contributed by atoms with van der Waals surface area (Å²) < 4.78 is 22.9. The van der Waals surface area contributed by atoms with E-state index in [1.807, 2.05) is 6.26 Å². The molecule has 0 saturated carbocycles. The van der Waals surface area contributed by atoms with Gasteiger partial charge >= 0.3 is 12.0 Å². The second-order valence-corrected chi connectivity index (χ2v) is 7.90. The molecule has 9 heteroatoms. The number of nitrogens with zero attached hydrogens (tertiary/aromatic N) is 1. The first-order chi connectivity index (χ1) is 9.35. The third-order valence-electron chi connectivity index (χ3n) is 3.05. The van der Waals surface area contributed by atoms with Crippen molar-refractivity contribution in [3.8, 4) is 0 Å². The fourth-order valence-corrected chi connectivity index (χ4v) is 3.62. The number of carboxylic acid groups (broad SMARTS) is 1. The van der Waals surface area contributed by atoms with E-state index in [4.69, 9.17) is 5.11 Å². The SMILES string of the molecule is CSCCC(NC(=O)N1CCCS(=O)(=O)CC1)C(=O)O. The van der Waals surface area contributed by atoms with Crippen molar-refractivity contribution in [3.05, 3.63) is 0 Å². The molecule has 7 nitrogen and oxygen atoms in total. The summed E-state index contributed by atoms with van der Waals surface area (Å²) in [6.45, 7) is 0.447. The number of hydrogen-bond acceptors (Lipinski definition) is 5. The highest BCUT2D eigenvalue weighted by molar-refractivity contribution is 7.98. The van der Waals surface area contributed by atoms with Crippen LogP contribution in [-0.2, 0) is 14.6 Å². The summed E-state index contributed by atoms with van der Waals surface area (Å²) in [5.74, 6) is -0.435. The average molecular weight is 324 g/mol. The minimum Gasteiger partial charge on any atom is -0.480 e. The standard InChI is InChI=1S/C11H20N2O5S2/c1-19-6-3-9(10(14)15)12-11(16)13-4-2-7-20(17,18)8-5-13/h9H,2-8H2,1H3,(H,12,16)(H,14,15). The Labute approximate surface area is 123 Å². The lowest BCUT2D eigenvalue weighted by molar-refractivity contribution is -0.139. The third-order valence-corrected chi connectivity index (χ3v) is 5.41. The second kappa shape index (κ2) is 7.72. The van der Waals surface area contributed by atoms with Crippen molar-refractivity contribution in [2.45, 2.75) is 18.9 Å². The van der Waals surface area contributed by atoms with Gasteiger partial charge in [0.2, 0.25) is 0 Å². The molecule has 1 aliphatic rings. The van der Waals surface area contributed by atoms with E-state index in [1.54, 1.807) is 0 Å². The smallest absolute Gasteiger partial charge is 0.326 e. The highest BCUT2D eigenvalue weighted by Gasteiger charge is 2.26. The van der Waals surface area contributed by atoms with Crippen LogP contribution in [0.15, 0.2) is 0 Å². The van der Waals surface area contributed by atoms with Gasteiger partial charge in [0.25, 0.3) is 0 Å². The Morgan fingerprint density at radius 3 is 2.65 bits per heavy atom. The fraction of sp³-hybridized carbons (Fsp3) is 0.818. The molecule has 2 N–H and O–H groups in total. The normalized spacial score (nSPS) is 19.9.